The molecule has 0 heterocycles. The summed E-state index contributed by atoms with van der Waals surface area (Å²) in [5.41, 5.74) is 6.30. The molecule has 3 nitrogen and oxygen atoms in total. The maximum absolute atomic E-state index is 11.7. The molecule has 1 atom stereocenters. The van der Waals surface area contributed by atoms with Crippen molar-refractivity contribution in [3.05, 3.63) is 34.3 Å². The quantitative estimate of drug-likeness (QED) is 0.892. The van der Waals surface area contributed by atoms with Crippen molar-refractivity contribution in [2.75, 3.05) is 0 Å². The first-order valence-electron chi connectivity index (χ1n) is 5.36. The fraction of sp³-hybridized carbons (Fsp3) is 0.417. The lowest BCUT2D eigenvalue weighted by Gasteiger charge is -2.17. The average Bonchev–Trinajstić information content (AvgIpc) is 2.98. The zero-order valence-electron chi connectivity index (χ0n) is 9.16. The predicted octanol–water partition coefficient (Wildman–Crippen LogP) is 2.12. The zero-order chi connectivity index (χ0) is 11.8. The van der Waals surface area contributed by atoms with Crippen molar-refractivity contribution >= 4 is 21.8 Å². The normalized spacial score (nSPS) is 18.9. The van der Waals surface area contributed by atoms with Gasteiger partial charge in [-0.2, -0.15) is 0 Å². The summed E-state index contributed by atoms with van der Waals surface area (Å²) in [5, 5.41) is 2.94. The van der Waals surface area contributed by atoms with Crippen LogP contribution in [0.25, 0.3) is 0 Å². The van der Waals surface area contributed by atoms with Gasteiger partial charge in [0.2, 0.25) is 5.91 Å². The highest BCUT2D eigenvalue weighted by atomic mass is 79.9. The van der Waals surface area contributed by atoms with Gasteiger partial charge in [-0.3, -0.25) is 4.79 Å². The summed E-state index contributed by atoms with van der Waals surface area (Å²) in [4.78, 5) is 11.7. The van der Waals surface area contributed by atoms with Crippen LogP contribution < -0.4 is 11.1 Å². The molecular weight excluding hydrogens is 268 g/mol. The van der Waals surface area contributed by atoms with Crippen LogP contribution in [0, 0.1) is 0 Å². The van der Waals surface area contributed by atoms with Crippen LogP contribution >= 0.6 is 15.9 Å². The zero-order valence-corrected chi connectivity index (χ0v) is 10.8. The Morgan fingerprint density at radius 2 is 2.25 bits per heavy atom. The average molecular weight is 283 g/mol. The van der Waals surface area contributed by atoms with Gasteiger partial charge in [-0.15, -0.1) is 0 Å². The smallest absolute Gasteiger partial charge is 0.240 e. The molecule has 4 heteroatoms. The summed E-state index contributed by atoms with van der Waals surface area (Å²) >= 11 is 3.41. The molecule has 1 aromatic carbocycles. The fourth-order valence-corrected chi connectivity index (χ4v) is 1.98. The first kappa shape index (κ1) is 11.6. The molecule has 16 heavy (non-hydrogen) atoms. The summed E-state index contributed by atoms with van der Waals surface area (Å²) < 4.78 is 1.01. The second kappa shape index (κ2) is 4.18. The van der Waals surface area contributed by atoms with E-state index in [1.54, 1.807) is 0 Å². The third-order valence-corrected chi connectivity index (χ3v) is 3.43. The Balaban J connectivity index is 2.03. The van der Waals surface area contributed by atoms with Crippen molar-refractivity contribution in [2.45, 2.75) is 31.3 Å². The first-order valence-corrected chi connectivity index (χ1v) is 6.16. The number of carbonyl (C=O) groups excluding carboxylic acids is 1. The second-order valence-electron chi connectivity index (χ2n) is 4.41. The number of halogens is 1. The molecule has 0 aromatic heterocycles. The van der Waals surface area contributed by atoms with Gasteiger partial charge < -0.3 is 11.1 Å². The highest BCUT2D eigenvalue weighted by molar-refractivity contribution is 9.10. The van der Waals surface area contributed by atoms with Gasteiger partial charge in [0.15, 0.2) is 0 Å². The van der Waals surface area contributed by atoms with E-state index in [0.717, 1.165) is 22.9 Å². The van der Waals surface area contributed by atoms with Crippen LogP contribution in [0.2, 0.25) is 0 Å². The summed E-state index contributed by atoms with van der Waals surface area (Å²) in [6, 6.07) is 7.90. The molecule has 1 saturated carbocycles. The highest BCUT2D eigenvalue weighted by Gasteiger charge is 2.46. The number of carbonyl (C=O) groups is 1. The molecule has 0 saturated heterocycles. The number of nitrogens with two attached hydrogens (primary N) is 1. The molecule has 0 radical (unpaired) electrons. The topological polar surface area (TPSA) is 55.1 Å². The van der Waals surface area contributed by atoms with Crippen LogP contribution in [0.3, 0.4) is 0 Å². The SMILES string of the molecule is C[C@@H](NC(=O)C1(N)CC1)c1cccc(Br)c1. The Hall–Kier alpha value is -0.870. The molecule has 1 aromatic rings. The van der Waals surface area contributed by atoms with Gasteiger partial charge >= 0.3 is 0 Å². The molecule has 0 aliphatic heterocycles. The number of benzene rings is 1. The highest BCUT2D eigenvalue weighted by Crippen LogP contribution is 2.33. The number of hydrogen-bond acceptors (Lipinski definition) is 2. The van der Waals surface area contributed by atoms with Gasteiger partial charge in [0.1, 0.15) is 0 Å². The first-order chi connectivity index (χ1) is 7.51. The molecule has 1 fully saturated rings. The third kappa shape index (κ3) is 2.44. The van der Waals surface area contributed by atoms with E-state index in [4.69, 9.17) is 5.73 Å². The van der Waals surface area contributed by atoms with Crippen LogP contribution in [0.4, 0.5) is 0 Å². The van der Waals surface area contributed by atoms with Crippen molar-refractivity contribution in [2.24, 2.45) is 5.73 Å². The van der Waals surface area contributed by atoms with E-state index in [-0.39, 0.29) is 11.9 Å². The van der Waals surface area contributed by atoms with Crippen molar-refractivity contribution in [3.8, 4) is 0 Å². The molecular formula is C12H15BrN2O. The Morgan fingerprint density at radius 1 is 1.56 bits per heavy atom. The summed E-state index contributed by atoms with van der Waals surface area (Å²) in [5.74, 6) is -0.0417. The molecule has 0 spiro atoms. The van der Waals surface area contributed by atoms with Gasteiger partial charge in [-0.1, -0.05) is 28.1 Å². The molecule has 1 amide bonds. The molecule has 0 unspecified atom stereocenters. The molecule has 2 rings (SSSR count). The standard InChI is InChI=1S/C12H15BrN2O/c1-8(9-3-2-4-10(13)7-9)15-11(16)12(14)5-6-12/h2-4,7-8H,5-6,14H2,1H3,(H,15,16)/t8-/m1/s1. The predicted molar refractivity (Wildman–Crippen MR) is 66.9 cm³/mol. The largest absolute Gasteiger partial charge is 0.348 e. The minimum absolute atomic E-state index is 0.00831. The fourth-order valence-electron chi connectivity index (χ4n) is 1.56. The molecule has 1 aliphatic carbocycles. The van der Waals surface area contributed by atoms with E-state index >= 15 is 0 Å². The van der Waals surface area contributed by atoms with Crippen LogP contribution in [0.5, 0.6) is 0 Å². The number of nitrogens with one attached hydrogen (secondary N) is 1. The lowest BCUT2D eigenvalue weighted by molar-refractivity contribution is -0.123. The summed E-state index contributed by atoms with van der Waals surface area (Å²) in [7, 11) is 0. The van der Waals surface area contributed by atoms with E-state index in [2.05, 4.69) is 21.2 Å². The van der Waals surface area contributed by atoms with E-state index < -0.39 is 5.54 Å². The Morgan fingerprint density at radius 3 is 2.81 bits per heavy atom. The number of hydrogen-bond donors (Lipinski definition) is 2. The Labute approximate surface area is 104 Å². The van der Waals surface area contributed by atoms with Crippen LogP contribution in [0.15, 0.2) is 28.7 Å². The van der Waals surface area contributed by atoms with Gasteiger partial charge in [-0.05, 0) is 37.5 Å². The maximum atomic E-state index is 11.7. The van der Waals surface area contributed by atoms with Crippen molar-refractivity contribution in [3.63, 3.8) is 0 Å². The van der Waals surface area contributed by atoms with Gasteiger partial charge in [0.25, 0.3) is 0 Å². The minimum atomic E-state index is -0.597. The lowest BCUT2D eigenvalue weighted by atomic mass is 10.1. The van der Waals surface area contributed by atoms with Gasteiger partial charge in [-0.25, -0.2) is 0 Å². The van der Waals surface area contributed by atoms with Crippen LogP contribution in [0.1, 0.15) is 31.4 Å². The lowest BCUT2D eigenvalue weighted by Crippen LogP contribution is -2.43. The third-order valence-electron chi connectivity index (χ3n) is 2.94. The van der Waals surface area contributed by atoms with E-state index in [1.165, 1.54) is 0 Å². The van der Waals surface area contributed by atoms with E-state index in [1.807, 2.05) is 31.2 Å². The van der Waals surface area contributed by atoms with Crippen molar-refractivity contribution < 1.29 is 4.79 Å². The monoisotopic (exact) mass is 282 g/mol. The van der Waals surface area contributed by atoms with E-state index in [9.17, 15) is 4.79 Å². The van der Waals surface area contributed by atoms with Gasteiger partial charge in [0.05, 0.1) is 11.6 Å². The van der Waals surface area contributed by atoms with Crippen LogP contribution in [-0.4, -0.2) is 11.4 Å². The maximum Gasteiger partial charge on any atom is 0.240 e. The molecule has 0 bridgehead atoms. The number of rotatable bonds is 3. The van der Waals surface area contributed by atoms with Crippen molar-refractivity contribution in [1.82, 2.24) is 5.32 Å². The number of amides is 1. The van der Waals surface area contributed by atoms with E-state index in [0.29, 0.717) is 0 Å². The Bertz CT molecular complexity index is 415. The van der Waals surface area contributed by atoms with Crippen LogP contribution in [-0.2, 0) is 4.79 Å². The summed E-state index contributed by atoms with van der Waals surface area (Å²) in [6.07, 6.45) is 1.59. The molecule has 3 N–H and O–H groups in total. The minimum Gasteiger partial charge on any atom is -0.348 e. The molecule has 1 aliphatic rings. The summed E-state index contributed by atoms with van der Waals surface area (Å²) in [6.45, 7) is 1.96. The molecule has 86 valence electrons. The van der Waals surface area contributed by atoms with Crippen molar-refractivity contribution in [1.29, 1.82) is 0 Å². The second-order valence-corrected chi connectivity index (χ2v) is 5.32. The van der Waals surface area contributed by atoms with Gasteiger partial charge in [0, 0.05) is 4.47 Å². The Kier molecular flexibility index (Phi) is 3.04.